The van der Waals surface area contributed by atoms with Crippen LogP contribution >= 0.6 is 0 Å². The van der Waals surface area contributed by atoms with Gasteiger partial charge in [0, 0.05) is 17.8 Å². The molecule has 0 aliphatic carbocycles. The van der Waals surface area contributed by atoms with Gasteiger partial charge in [-0.05, 0) is 30.7 Å². The molecule has 6 heteroatoms. The third-order valence-corrected chi connectivity index (χ3v) is 4.57. The first-order valence-corrected chi connectivity index (χ1v) is 7.48. The molecular formula is C14H15FN2O2S. The Kier molecular flexibility index (Phi) is 4.06. The predicted molar refractivity (Wildman–Crippen MR) is 76.0 cm³/mol. The Balaban J connectivity index is 2.24. The number of nitrogen functional groups attached to an aromatic ring is 1. The Morgan fingerprint density at radius 3 is 2.55 bits per heavy atom. The Morgan fingerprint density at radius 2 is 1.85 bits per heavy atom. The molecule has 0 atom stereocenters. The molecule has 0 aromatic heterocycles. The molecule has 0 aliphatic rings. The third-order valence-electron chi connectivity index (χ3n) is 3.03. The lowest BCUT2D eigenvalue weighted by Gasteiger charge is -2.11. The molecule has 106 valence electrons. The highest BCUT2D eigenvalue weighted by atomic mass is 32.2. The molecule has 0 unspecified atom stereocenters. The van der Waals surface area contributed by atoms with Gasteiger partial charge in [-0.15, -0.1) is 0 Å². The number of anilines is 1. The van der Waals surface area contributed by atoms with Gasteiger partial charge >= 0.3 is 0 Å². The molecule has 0 saturated heterocycles. The van der Waals surface area contributed by atoms with Gasteiger partial charge in [0.25, 0.3) is 0 Å². The number of rotatable bonds is 4. The maximum Gasteiger partial charge on any atom is 0.241 e. The van der Waals surface area contributed by atoms with E-state index in [4.69, 9.17) is 5.73 Å². The van der Waals surface area contributed by atoms with E-state index in [2.05, 4.69) is 4.72 Å². The van der Waals surface area contributed by atoms with Crippen molar-refractivity contribution in [2.75, 3.05) is 5.73 Å². The molecule has 0 aliphatic heterocycles. The molecule has 0 saturated carbocycles. The zero-order chi connectivity index (χ0) is 14.8. The average Bonchev–Trinajstić information content (AvgIpc) is 2.41. The van der Waals surface area contributed by atoms with E-state index in [1.54, 1.807) is 31.2 Å². The summed E-state index contributed by atoms with van der Waals surface area (Å²) >= 11 is 0. The third kappa shape index (κ3) is 2.97. The van der Waals surface area contributed by atoms with Gasteiger partial charge in [0.15, 0.2) is 0 Å². The lowest BCUT2D eigenvalue weighted by molar-refractivity contribution is 0.574. The van der Waals surface area contributed by atoms with Gasteiger partial charge in [0.05, 0.1) is 4.90 Å². The highest BCUT2D eigenvalue weighted by Gasteiger charge is 2.18. The van der Waals surface area contributed by atoms with Crippen LogP contribution in [-0.2, 0) is 16.6 Å². The number of benzene rings is 2. The van der Waals surface area contributed by atoms with Crippen molar-refractivity contribution in [2.24, 2.45) is 0 Å². The minimum atomic E-state index is -3.73. The van der Waals surface area contributed by atoms with Gasteiger partial charge < -0.3 is 5.73 Å². The molecule has 0 spiro atoms. The summed E-state index contributed by atoms with van der Waals surface area (Å²) in [5, 5.41) is 0. The Hall–Kier alpha value is -1.92. The molecule has 2 rings (SSSR count). The maximum atomic E-state index is 13.5. The SMILES string of the molecule is Cc1c(N)cccc1S(=O)(=O)NCc1ccccc1F. The minimum Gasteiger partial charge on any atom is -0.398 e. The van der Waals surface area contributed by atoms with E-state index >= 15 is 0 Å². The molecule has 4 nitrogen and oxygen atoms in total. The number of hydrogen-bond acceptors (Lipinski definition) is 3. The maximum absolute atomic E-state index is 13.5. The molecule has 2 aromatic rings. The van der Waals surface area contributed by atoms with Crippen molar-refractivity contribution in [3.8, 4) is 0 Å². The molecule has 0 bridgehead atoms. The first-order valence-electron chi connectivity index (χ1n) is 6.00. The lowest BCUT2D eigenvalue weighted by atomic mass is 10.2. The molecule has 3 N–H and O–H groups in total. The van der Waals surface area contributed by atoms with E-state index in [0.717, 1.165) is 0 Å². The highest BCUT2D eigenvalue weighted by molar-refractivity contribution is 7.89. The molecule has 0 radical (unpaired) electrons. The molecule has 0 heterocycles. The van der Waals surface area contributed by atoms with Crippen molar-refractivity contribution in [1.29, 1.82) is 0 Å². The average molecular weight is 294 g/mol. The monoisotopic (exact) mass is 294 g/mol. The molecule has 2 aromatic carbocycles. The fourth-order valence-corrected chi connectivity index (χ4v) is 3.09. The number of nitrogens with one attached hydrogen (secondary N) is 1. The Bertz CT molecular complexity index is 730. The summed E-state index contributed by atoms with van der Waals surface area (Å²) in [4.78, 5) is 0.105. The predicted octanol–water partition coefficient (Wildman–Crippen LogP) is 2.19. The lowest BCUT2D eigenvalue weighted by Crippen LogP contribution is -2.24. The van der Waals surface area contributed by atoms with Crippen molar-refractivity contribution in [3.63, 3.8) is 0 Å². The quantitative estimate of drug-likeness (QED) is 0.849. The zero-order valence-electron chi connectivity index (χ0n) is 10.9. The van der Waals surface area contributed by atoms with Crippen LogP contribution in [0.4, 0.5) is 10.1 Å². The van der Waals surface area contributed by atoms with E-state index in [-0.39, 0.29) is 17.0 Å². The number of hydrogen-bond donors (Lipinski definition) is 2. The van der Waals surface area contributed by atoms with Gasteiger partial charge in [-0.2, -0.15) is 0 Å². The van der Waals surface area contributed by atoms with Gasteiger partial charge in [0.1, 0.15) is 5.82 Å². The van der Waals surface area contributed by atoms with Crippen molar-refractivity contribution < 1.29 is 12.8 Å². The highest BCUT2D eigenvalue weighted by Crippen LogP contribution is 2.20. The van der Waals surface area contributed by atoms with E-state index in [1.807, 2.05) is 0 Å². The van der Waals surface area contributed by atoms with Crippen LogP contribution < -0.4 is 10.5 Å². The molecular weight excluding hydrogens is 279 g/mol. The van der Waals surface area contributed by atoms with Crippen molar-refractivity contribution in [3.05, 3.63) is 59.4 Å². The largest absolute Gasteiger partial charge is 0.398 e. The van der Waals surface area contributed by atoms with Gasteiger partial charge in [-0.3, -0.25) is 0 Å². The fourth-order valence-electron chi connectivity index (χ4n) is 1.81. The van der Waals surface area contributed by atoms with Crippen molar-refractivity contribution in [1.82, 2.24) is 4.72 Å². The van der Waals surface area contributed by atoms with E-state index in [0.29, 0.717) is 11.3 Å². The fraction of sp³-hybridized carbons (Fsp3) is 0.143. The summed E-state index contributed by atoms with van der Waals surface area (Å²) in [5.74, 6) is -0.445. The Morgan fingerprint density at radius 1 is 1.15 bits per heavy atom. The standard InChI is InChI=1S/C14H15FN2O2S/c1-10-13(16)7-4-8-14(10)20(18,19)17-9-11-5-2-3-6-12(11)15/h2-8,17H,9,16H2,1H3. The van der Waals surface area contributed by atoms with Gasteiger partial charge in [-0.25, -0.2) is 17.5 Å². The van der Waals surface area contributed by atoms with Crippen molar-refractivity contribution >= 4 is 15.7 Å². The second-order valence-electron chi connectivity index (χ2n) is 4.39. The Labute approximate surface area is 117 Å². The van der Waals surface area contributed by atoms with Crippen LogP contribution in [0.5, 0.6) is 0 Å². The van der Waals surface area contributed by atoms with Gasteiger partial charge in [-0.1, -0.05) is 24.3 Å². The normalized spacial score (nSPS) is 11.5. The molecule has 0 amide bonds. The second-order valence-corrected chi connectivity index (χ2v) is 6.12. The molecule has 20 heavy (non-hydrogen) atoms. The van der Waals surface area contributed by atoms with Crippen LogP contribution in [0.1, 0.15) is 11.1 Å². The topological polar surface area (TPSA) is 72.2 Å². The van der Waals surface area contributed by atoms with Crippen LogP contribution in [0.3, 0.4) is 0 Å². The van der Waals surface area contributed by atoms with Gasteiger partial charge in [0.2, 0.25) is 10.0 Å². The first-order chi connectivity index (χ1) is 9.42. The molecule has 0 fully saturated rings. The summed E-state index contributed by atoms with van der Waals surface area (Å²) in [7, 11) is -3.73. The van der Waals surface area contributed by atoms with E-state index in [9.17, 15) is 12.8 Å². The van der Waals surface area contributed by atoms with E-state index in [1.165, 1.54) is 18.2 Å². The van der Waals surface area contributed by atoms with Crippen LogP contribution in [0.15, 0.2) is 47.4 Å². The minimum absolute atomic E-state index is 0.105. The summed E-state index contributed by atoms with van der Waals surface area (Å²) in [5.41, 5.74) is 6.87. The summed E-state index contributed by atoms with van der Waals surface area (Å²) in [6.45, 7) is 1.52. The van der Waals surface area contributed by atoms with Crippen LogP contribution in [0.25, 0.3) is 0 Å². The van der Waals surface area contributed by atoms with Crippen molar-refractivity contribution in [2.45, 2.75) is 18.4 Å². The smallest absolute Gasteiger partial charge is 0.241 e. The number of sulfonamides is 1. The van der Waals surface area contributed by atoms with E-state index < -0.39 is 15.8 Å². The zero-order valence-corrected chi connectivity index (χ0v) is 11.7. The van der Waals surface area contributed by atoms with Crippen LogP contribution in [0.2, 0.25) is 0 Å². The number of nitrogens with two attached hydrogens (primary N) is 1. The summed E-state index contributed by atoms with van der Waals surface area (Å²) in [6, 6.07) is 10.7. The number of halogens is 1. The van der Waals surface area contributed by atoms with Crippen LogP contribution in [0, 0.1) is 12.7 Å². The van der Waals surface area contributed by atoms with Crippen LogP contribution in [-0.4, -0.2) is 8.42 Å². The summed E-state index contributed by atoms with van der Waals surface area (Å²) < 4.78 is 40.2. The summed E-state index contributed by atoms with van der Waals surface area (Å²) in [6.07, 6.45) is 0. The second kappa shape index (κ2) is 5.60. The first kappa shape index (κ1) is 14.5.